The van der Waals surface area contributed by atoms with E-state index in [9.17, 15) is 19.1 Å². The molecule has 1 aliphatic heterocycles. The number of nitrogens with zero attached hydrogens (tertiary/aromatic N) is 1. The number of fused-ring (bicyclic) bond motifs is 1. The van der Waals surface area contributed by atoms with E-state index in [1.54, 1.807) is 12.1 Å². The lowest BCUT2D eigenvalue weighted by molar-refractivity contribution is 0.241. The molecular formula is C13H11FN2O4. The van der Waals surface area contributed by atoms with Crippen molar-refractivity contribution in [2.24, 2.45) is 0 Å². The highest BCUT2D eigenvalue weighted by Gasteiger charge is 2.26. The summed E-state index contributed by atoms with van der Waals surface area (Å²) in [4.78, 5) is 24.8. The van der Waals surface area contributed by atoms with Crippen molar-refractivity contribution in [2.75, 3.05) is 6.61 Å². The van der Waals surface area contributed by atoms with E-state index in [-0.39, 0.29) is 18.1 Å². The minimum atomic E-state index is -1.05. The van der Waals surface area contributed by atoms with Crippen LogP contribution in [-0.4, -0.2) is 21.3 Å². The largest absolute Gasteiger partial charge is 0.504 e. The standard InChI is InChI=1S/C13H11FN2O4/c14-8-6-16(13(19)15-12(8)18)9-4-5-20-11-7(9)2-1-3-10(11)17/h1-3,6,9,17H,4-5H2,(H,15,18,19)/t9-/m0/s1. The van der Waals surface area contributed by atoms with Crippen LogP contribution in [0.2, 0.25) is 0 Å². The van der Waals surface area contributed by atoms with Gasteiger partial charge in [0, 0.05) is 12.0 Å². The fraction of sp³-hybridized carbons (Fsp3) is 0.231. The number of aromatic hydroxyl groups is 1. The molecule has 2 N–H and O–H groups in total. The highest BCUT2D eigenvalue weighted by atomic mass is 19.1. The van der Waals surface area contributed by atoms with Gasteiger partial charge in [-0.25, -0.2) is 4.79 Å². The number of halogens is 1. The van der Waals surface area contributed by atoms with Gasteiger partial charge in [0.25, 0.3) is 5.56 Å². The summed E-state index contributed by atoms with van der Waals surface area (Å²) in [7, 11) is 0. The molecule has 0 spiro atoms. The SMILES string of the molecule is O=c1[nH]c(=O)n([C@H]2CCOc3c(O)cccc32)cc1F. The third-order valence-corrected chi connectivity index (χ3v) is 3.28. The molecular weight excluding hydrogens is 267 g/mol. The quantitative estimate of drug-likeness (QED) is 0.806. The van der Waals surface area contributed by atoms with Gasteiger partial charge in [0.05, 0.1) is 18.8 Å². The van der Waals surface area contributed by atoms with Crippen LogP contribution in [0.15, 0.2) is 34.0 Å². The smallest absolute Gasteiger partial charge is 0.329 e. The van der Waals surface area contributed by atoms with E-state index < -0.39 is 23.1 Å². The maximum atomic E-state index is 13.4. The number of rotatable bonds is 1. The van der Waals surface area contributed by atoms with Crippen molar-refractivity contribution in [3.63, 3.8) is 0 Å². The first kappa shape index (κ1) is 12.5. The fourth-order valence-electron chi connectivity index (χ4n) is 2.37. The molecule has 7 heteroatoms. The average Bonchev–Trinajstić information content (AvgIpc) is 2.43. The molecule has 104 valence electrons. The molecule has 20 heavy (non-hydrogen) atoms. The van der Waals surface area contributed by atoms with E-state index in [2.05, 4.69) is 0 Å². The normalized spacial score (nSPS) is 17.4. The van der Waals surface area contributed by atoms with Crippen LogP contribution in [0.4, 0.5) is 4.39 Å². The molecule has 0 saturated carbocycles. The number of aromatic amines is 1. The summed E-state index contributed by atoms with van der Waals surface area (Å²) in [6.07, 6.45) is 1.31. The molecule has 2 aromatic rings. The fourth-order valence-corrected chi connectivity index (χ4v) is 2.37. The number of phenols is 1. The Bertz CT molecular complexity index is 781. The summed E-state index contributed by atoms with van der Waals surface area (Å²) >= 11 is 0. The van der Waals surface area contributed by atoms with Gasteiger partial charge < -0.3 is 9.84 Å². The molecule has 0 saturated heterocycles. The van der Waals surface area contributed by atoms with Gasteiger partial charge >= 0.3 is 5.69 Å². The Labute approximate surface area is 112 Å². The van der Waals surface area contributed by atoms with Crippen molar-refractivity contribution in [2.45, 2.75) is 12.5 Å². The van der Waals surface area contributed by atoms with Crippen LogP contribution in [0, 0.1) is 5.82 Å². The third-order valence-electron chi connectivity index (χ3n) is 3.28. The van der Waals surface area contributed by atoms with Crippen LogP contribution < -0.4 is 16.0 Å². The van der Waals surface area contributed by atoms with Crippen molar-refractivity contribution in [3.05, 3.63) is 56.6 Å². The van der Waals surface area contributed by atoms with Crippen molar-refractivity contribution >= 4 is 0 Å². The van der Waals surface area contributed by atoms with Gasteiger partial charge in [0.1, 0.15) is 0 Å². The van der Waals surface area contributed by atoms with E-state index in [0.717, 1.165) is 10.8 Å². The van der Waals surface area contributed by atoms with Crippen LogP contribution >= 0.6 is 0 Å². The first-order valence-electron chi connectivity index (χ1n) is 6.03. The zero-order chi connectivity index (χ0) is 14.3. The number of para-hydroxylation sites is 1. The van der Waals surface area contributed by atoms with Crippen LogP contribution in [0.1, 0.15) is 18.0 Å². The molecule has 0 fully saturated rings. The Morgan fingerprint density at radius 1 is 1.40 bits per heavy atom. The first-order chi connectivity index (χ1) is 9.58. The maximum Gasteiger partial charge on any atom is 0.329 e. The predicted molar refractivity (Wildman–Crippen MR) is 67.6 cm³/mol. The Kier molecular flexibility index (Phi) is 2.81. The highest BCUT2D eigenvalue weighted by molar-refractivity contribution is 5.48. The molecule has 0 radical (unpaired) electrons. The molecule has 1 atom stereocenters. The van der Waals surface area contributed by atoms with Crippen LogP contribution in [0.25, 0.3) is 0 Å². The lowest BCUT2D eigenvalue weighted by atomic mass is 10.00. The molecule has 2 heterocycles. The van der Waals surface area contributed by atoms with Gasteiger partial charge in [-0.05, 0) is 6.07 Å². The van der Waals surface area contributed by atoms with E-state index in [1.807, 2.05) is 4.98 Å². The molecule has 3 rings (SSSR count). The number of hydrogen-bond donors (Lipinski definition) is 2. The topological polar surface area (TPSA) is 84.3 Å². The predicted octanol–water partition coefficient (Wildman–Crippen LogP) is 0.753. The molecule has 0 bridgehead atoms. The van der Waals surface area contributed by atoms with Crippen molar-refractivity contribution in [1.82, 2.24) is 9.55 Å². The Morgan fingerprint density at radius 3 is 3.00 bits per heavy atom. The number of benzene rings is 1. The zero-order valence-corrected chi connectivity index (χ0v) is 10.3. The summed E-state index contributed by atoms with van der Waals surface area (Å²) in [5, 5.41) is 9.74. The molecule has 1 aromatic heterocycles. The molecule has 0 unspecified atom stereocenters. The third kappa shape index (κ3) is 1.87. The Balaban J connectivity index is 2.19. The molecule has 6 nitrogen and oxygen atoms in total. The Morgan fingerprint density at radius 2 is 2.20 bits per heavy atom. The van der Waals surface area contributed by atoms with Crippen LogP contribution in [0.5, 0.6) is 11.5 Å². The summed E-state index contributed by atoms with van der Waals surface area (Å²) in [6, 6.07) is 4.28. The van der Waals surface area contributed by atoms with Gasteiger partial charge in [-0.1, -0.05) is 12.1 Å². The van der Waals surface area contributed by atoms with Crippen LogP contribution in [0.3, 0.4) is 0 Å². The second kappa shape index (κ2) is 4.52. The van der Waals surface area contributed by atoms with Crippen molar-refractivity contribution in [1.29, 1.82) is 0 Å². The second-order valence-electron chi connectivity index (χ2n) is 4.49. The lowest BCUT2D eigenvalue weighted by Gasteiger charge is -2.27. The summed E-state index contributed by atoms with van der Waals surface area (Å²) < 4.78 is 19.9. The summed E-state index contributed by atoms with van der Waals surface area (Å²) in [5.41, 5.74) is -1.17. The van der Waals surface area contributed by atoms with E-state index in [0.29, 0.717) is 12.0 Å². The minimum absolute atomic E-state index is 0.0369. The molecule has 1 aliphatic rings. The van der Waals surface area contributed by atoms with Crippen molar-refractivity contribution < 1.29 is 14.2 Å². The van der Waals surface area contributed by atoms with E-state index in [1.165, 1.54) is 6.07 Å². The molecule has 1 aromatic carbocycles. The number of H-pyrrole nitrogens is 1. The first-order valence-corrected chi connectivity index (χ1v) is 6.03. The zero-order valence-electron chi connectivity index (χ0n) is 10.3. The number of hydrogen-bond acceptors (Lipinski definition) is 4. The van der Waals surface area contributed by atoms with E-state index in [4.69, 9.17) is 4.74 Å². The second-order valence-corrected chi connectivity index (χ2v) is 4.49. The summed E-state index contributed by atoms with van der Waals surface area (Å²) in [5.74, 6) is -0.787. The number of ether oxygens (including phenoxy) is 1. The maximum absolute atomic E-state index is 13.4. The average molecular weight is 278 g/mol. The number of phenolic OH excluding ortho intramolecular Hbond substituents is 1. The van der Waals surface area contributed by atoms with Gasteiger partial charge in [-0.3, -0.25) is 14.3 Å². The number of aromatic nitrogens is 2. The van der Waals surface area contributed by atoms with Gasteiger partial charge in [0.15, 0.2) is 11.5 Å². The van der Waals surface area contributed by atoms with Crippen LogP contribution in [-0.2, 0) is 0 Å². The minimum Gasteiger partial charge on any atom is -0.504 e. The lowest BCUT2D eigenvalue weighted by Crippen LogP contribution is -2.35. The van der Waals surface area contributed by atoms with Gasteiger partial charge in [-0.15, -0.1) is 0 Å². The number of nitrogens with one attached hydrogen (secondary N) is 1. The van der Waals surface area contributed by atoms with Gasteiger partial charge in [0.2, 0.25) is 5.82 Å². The highest BCUT2D eigenvalue weighted by Crippen LogP contribution is 2.39. The van der Waals surface area contributed by atoms with E-state index >= 15 is 0 Å². The van der Waals surface area contributed by atoms with Crippen molar-refractivity contribution in [3.8, 4) is 11.5 Å². The molecule has 0 amide bonds. The molecule has 0 aliphatic carbocycles. The summed E-state index contributed by atoms with van der Waals surface area (Å²) in [6.45, 7) is 0.280. The van der Waals surface area contributed by atoms with Gasteiger partial charge in [-0.2, -0.15) is 4.39 Å². The Hall–Kier alpha value is -2.57. The monoisotopic (exact) mass is 278 g/mol.